The summed E-state index contributed by atoms with van der Waals surface area (Å²) in [5, 5.41) is 0. The number of methoxy groups -OCH3 is 2. The number of ether oxygens (including phenoxy) is 3. The summed E-state index contributed by atoms with van der Waals surface area (Å²) >= 11 is 3.36. The van der Waals surface area contributed by atoms with Crippen LogP contribution in [0, 0.1) is 11.8 Å². The molecule has 2 aromatic rings. The molecule has 0 spiro atoms. The average molecular weight is 401 g/mol. The molecule has 0 bridgehead atoms. The zero-order valence-corrected chi connectivity index (χ0v) is 14.3. The molecule has 0 aromatic heterocycles. The van der Waals surface area contributed by atoms with E-state index in [4.69, 9.17) is 9.47 Å². The molecule has 126 valence electrons. The minimum Gasteiger partial charge on any atom is -0.495 e. The fourth-order valence-corrected chi connectivity index (χ4v) is 2.38. The van der Waals surface area contributed by atoms with Crippen LogP contribution in [0.4, 0.5) is 13.2 Å². The zero-order chi connectivity index (χ0) is 17.7. The molecule has 0 unspecified atom stereocenters. The standard InChI is InChI=1S/C17H12BrF3O3/c1-22-14-9-12(10-15(23-2)16(14)18)4-3-11-5-7-13(8-6-11)24-17(19,20)21/h5-10H,1-2H3. The van der Waals surface area contributed by atoms with Crippen molar-refractivity contribution in [3.63, 3.8) is 0 Å². The number of alkyl halides is 3. The highest BCUT2D eigenvalue weighted by atomic mass is 79.9. The van der Waals surface area contributed by atoms with Gasteiger partial charge in [-0.3, -0.25) is 0 Å². The van der Waals surface area contributed by atoms with E-state index in [1.165, 1.54) is 38.5 Å². The molecule has 0 radical (unpaired) electrons. The minimum absolute atomic E-state index is 0.292. The van der Waals surface area contributed by atoms with Crippen LogP contribution in [0.25, 0.3) is 0 Å². The van der Waals surface area contributed by atoms with Crippen molar-refractivity contribution in [3.8, 4) is 29.1 Å². The van der Waals surface area contributed by atoms with Gasteiger partial charge in [-0.2, -0.15) is 0 Å². The minimum atomic E-state index is -4.71. The predicted molar refractivity (Wildman–Crippen MR) is 86.4 cm³/mol. The fraction of sp³-hybridized carbons (Fsp3) is 0.176. The third-order valence-corrected chi connectivity index (χ3v) is 3.67. The molecule has 7 heteroatoms. The lowest BCUT2D eigenvalue weighted by molar-refractivity contribution is -0.274. The summed E-state index contributed by atoms with van der Waals surface area (Å²) in [5.41, 5.74) is 1.19. The summed E-state index contributed by atoms with van der Waals surface area (Å²) in [4.78, 5) is 0. The summed E-state index contributed by atoms with van der Waals surface area (Å²) in [7, 11) is 3.05. The third-order valence-electron chi connectivity index (χ3n) is 2.88. The van der Waals surface area contributed by atoms with Gasteiger partial charge >= 0.3 is 6.36 Å². The second kappa shape index (κ2) is 7.49. The summed E-state index contributed by atoms with van der Waals surface area (Å²) < 4.78 is 51.3. The monoisotopic (exact) mass is 400 g/mol. The normalized spacial score (nSPS) is 10.6. The Balaban J connectivity index is 2.23. The number of hydrogen-bond acceptors (Lipinski definition) is 3. The highest BCUT2D eigenvalue weighted by molar-refractivity contribution is 9.10. The van der Waals surface area contributed by atoms with E-state index >= 15 is 0 Å². The van der Waals surface area contributed by atoms with Crippen LogP contribution >= 0.6 is 15.9 Å². The molecule has 24 heavy (non-hydrogen) atoms. The number of hydrogen-bond donors (Lipinski definition) is 0. The summed E-state index contributed by atoms with van der Waals surface area (Å²) in [6, 6.07) is 8.75. The van der Waals surface area contributed by atoms with Crippen LogP contribution in [0.2, 0.25) is 0 Å². The van der Waals surface area contributed by atoms with Crippen molar-refractivity contribution in [2.45, 2.75) is 6.36 Å². The molecule has 0 saturated heterocycles. The highest BCUT2D eigenvalue weighted by Crippen LogP contribution is 2.35. The summed E-state index contributed by atoms with van der Waals surface area (Å²) in [6.07, 6.45) is -4.71. The second-order valence-corrected chi connectivity index (χ2v) is 5.31. The number of rotatable bonds is 3. The van der Waals surface area contributed by atoms with Gasteiger partial charge in [0.25, 0.3) is 0 Å². The van der Waals surface area contributed by atoms with Crippen molar-refractivity contribution in [1.29, 1.82) is 0 Å². The maximum Gasteiger partial charge on any atom is 0.573 e. The maximum absolute atomic E-state index is 12.1. The average Bonchev–Trinajstić information content (AvgIpc) is 2.53. The Bertz CT molecular complexity index is 749. The van der Waals surface area contributed by atoms with Gasteiger partial charge in [-0.15, -0.1) is 13.2 Å². The molecule has 0 aliphatic rings. The molecule has 0 saturated carbocycles. The summed E-state index contributed by atoms with van der Waals surface area (Å²) in [6.45, 7) is 0. The van der Waals surface area contributed by atoms with E-state index in [9.17, 15) is 13.2 Å². The van der Waals surface area contributed by atoms with Crippen LogP contribution in [0.3, 0.4) is 0 Å². The van der Waals surface area contributed by atoms with Gasteiger partial charge in [-0.1, -0.05) is 11.8 Å². The van der Waals surface area contributed by atoms with Crippen molar-refractivity contribution < 1.29 is 27.4 Å². The van der Waals surface area contributed by atoms with E-state index in [2.05, 4.69) is 32.5 Å². The molecule has 0 heterocycles. The van der Waals surface area contributed by atoms with Crippen molar-refractivity contribution >= 4 is 15.9 Å². The molecule has 2 rings (SSSR count). The molecule has 0 aliphatic heterocycles. The molecule has 0 atom stereocenters. The molecule has 0 fully saturated rings. The molecule has 0 aliphatic carbocycles. The SMILES string of the molecule is COc1cc(C#Cc2ccc(OC(F)(F)F)cc2)cc(OC)c1Br. The van der Waals surface area contributed by atoms with Gasteiger partial charge in [0.15, 0.2) is 0 Å². The first kappa shape index (κ1) is 18.0. The Morgan fingerprint density at radius 2 is 1.38 bits per heavy atom. The van der Waals surface area contributed by atoms with Gasteiger partial charge in [-0.25, -0.2) is 0 Å². The van der Waals surface area contributed by atoms with Crippen LogP contribution in [0.1, 0.15) is 11.1 Å². The van der Waals surface area contributed by atoms with Crippen molar-refractivity contribution in [3.05, 3.63) is 52.0 Å². The van der Waals surface area contributed by atoms with Crippen LogP contribution < -0.4 is 14.2 Å². The van der Waals surface area contributed by atoms with Gasteiger partial charge in [0.05, 0.1) is 14.2 Å². The van der Waals surface area contributed by atoms with Crippen molar-refractivity contribution in [2.75, 3.05) is 14.2 Å². The first-order chi connectivity index (χ1) is 11.3. The van der Waals surface area contributed by atoms with Crippen molar-refractivity contribution in [2.24, 2.45) is 0 Å². The Hall–Kier alpha value is -2.33. The topological polar surface area (TPSA) is 27.7 Å². The van der Waals surface area contributed by atoms with Gasteiger partial charge in [-0.05, 0) is 52.3 Å². The molecular weight excluding hydrogens is 389 g/mol. The quantitative estimate of drug-likeness (QED) is 0.694. The Morgan fingerprint density at radius 1 is 0.875 bits per heavy atom. The van der Waals surface area contributed by atoms with Crippen LogP contribution in [-0.2, 0) is 0 Å². The first-order valence-electron chi connectivity index (χ1n) is 6.61. The lowest BCUT2D eigenvalue weighted by Crippen LogP contribution is -2.16. The van der Waals surface area contributed by atoms with Crippen LogP contribution in [-0.4, -0.2) is 20.6 Å². The van der Waals surface area contributed by atoms with E-state index in [1.807, 2.05) is 0 Å². The molecule has 0 N–H and O–H groups in total. The van der Waals surface area contributed by atoms with E-state index in [0.717, 1.165) is 0 Å². The van der Waals surface area contributed by atoms with Gasteiger partial charge in [0.2, 0.25) is 0 Å². The largest absolute Gasteiger partial charge is 0.573 e. The third kappa shape index (κ3) is 4.83. The van der Waals surface area contributed by atoms with E-state index in [-0.39, 0.29) is 5.75 Å². The molecular formula is C17H12BrF3O3. The van der Waals surface area contributed by atoms with Gasteiger partial charge in [0, 0.05) is 11.1 Å². The number of benzene rings is 2. The van der Waals surface area contributed by atoms with Crippen LogP contribution in [0.15, 0.2) is 40.9 Å². The lowest BCUT2D eigenvalue weighted by Gasteiger charge is -2.09. The van der Waals surface area contributed by atoms with E-state index in [1.54, 1.807) is 12.1 Å². The van der Waals surface area contributed by atoms with E-state index in [0.29, 0.717) is 27.1 Å². The van der Waals surface area contributed by atoms with Gasteiger partial charge < -0.3 is 14.2 Å². The Morgan fingerprint density at radius 3 is 1.83 bits per heavy atom. The summed E-state index contributed by atoms with van der Waals surface area (Å²) in [5.74, 6) is 6.60. The van der Waals surface area contributed by atoms with Crippen molar-refractivity contribution in [1.82, 2.24) is 0 Å². The smallest absolute Gasteiger partial charge is 0.495 e. The van der Waals surface area contributed by atoms with E-state index < -0.39 is 6.36 Å². The maximum atomic E-state index is 12.1. The number of halogens is 4. The highest BCUT2D eigenvalue weighted by Gasteiger charge is 2.30. The Labute approximate surface area is 145 Å². The molecule has 0 amide bonds. The first-order valence-corrected chi connectivity index (χ1v) is 7.41. The fourth-order valence-electron chi connectivity index (χ4n) is 1.83. The lowest BCUT2D eigenvalue weighted by atomic mass is 10.1. The second-order valence-electron chi connectivity index (χ2n) is 4.52. The zero-order valence-electron chi connectivity index (χ0n) is 12.7. The van der Waals surface area contributed by atoms with Crippen LogP contribution in [0.5, 0.6) is 17.2 Å². The Kier molecular flexibility index (Phi) is 5.62. The molecule has 3 nitrogen and oxygen atoms in total. The van der Waals surface area contributed by atoms with Gasteiger partial charge in [0.1, 0.15) is 21.7 Å². The predicted octanol–water partition coefficient (Wildman–Crippen LogP) is 4.76. The molecule has 2 aromatic carbocycles.